The van der Waals surface area contributed by atoms with Gasteiger partial charge in [0.15, 0.2) is 5.16 Å². The molecule has 2 aromatic heterocycles. The molecule has 0 saturated carbocycles. The van der Waals surface area contributed by atoms with Crippen LogP contribution in [0.15, 0.2) is 11.4 Å². The van der Waals surface area contributed by atoms with Crippen LogP contribution in [0, 0.1) is 0 Å². The minimum Gasteiger partial charge on any atom is -0.332 e. The first kappa shape index (κ1) is 16.5. The van der Waals surface area contributed by atoms with E-state index in [1.807, 2.05) is 13.2 Å². The monoisotopic (exact) mass is 360 g/mol. The number of hydrogen-bond acceptors (Lipinski definition) is 4. The average molecular weight is 360 g/mol. The van der Waals surface area contributed by atoms with Gasteiger partial charge in [0, 0.05) is 31.2 Å². The maximum absolute atomic E-state index is 12.4. The van der Waals surface area contributed by atoms with Crippen LogP contribution in [0.1, 0.15) is 41.9 Å². The number of amides is 2. The van der Waals surface area contributed by atoms with Crippen molar-refractivity contribution in [3.63, 3.8) is 0 Å². The zero-order valence-electron chi connectivity index (χ0n) is 14.5. The summed E-state index contributed by atoms with van der Waals surface area (Å²) in [6.07, 6.45) is 7.86. The first-order valence-electron chi connectivity index (χ1n) is 8.93. The Balaban J connectivity index is 1.33. The van der Waals surface area contributed by atoms with Crippen LogP contribution >= 0.6 is 11.8 Å². The van der Waals surface area contributed by atoms with Gasteiger partial charge in [0.2, 0.25) is 0 Å². The van der Waals surface area contributed by atoms with E-state index in [0.29, 0.717) is 13.1 Å². The van der Waals surface area contributed by atoms with E-state index in [9.17, 15) is 4.79 Å². The number of rotatable bonds is 4. The minimum atomic E-state index is -0.0915. The predicted octanol–water partition coefficient (Wildman–Crippen LogP) is 2.32. The van der Waals surface area contributed by atoms with Gasteiger partial charge < -0.3 is 14.8 Å². The van der Waals surface area contributed by atoms with Crippen molar-refractivity contribution in [2.24, 2.45) is 0 Å². The number of urea groups is 1. The number of H-pyrrole nitrogens is 1. The normalized spacial score (nSPS) is 16.2. The fourth-order valence-corrected chi connectivity index (χ4v) is 4.46. The van der Waals surface area contributed by atoms with Gasteiger partial charge >= 0.3 is 6.03 Å². The lowest BCUT2D eigenvalue weighted by Crippen LogP contribution is -2.36. The Morgan fingerprint density at radius 1 is 1.40 bits per heavy atom. The molecule has 1 aliphatic carbocycles. The molecule has 0 atom stereocenters. The van der Waals surface area contributed by atoms with Crippen molar-refractivity contribution in [3.8, 4) is 0 Å². The SMILES string of the molecule is CN(Cc1n[nH]c2c1CCCCC2)C(=O)NCc1cn2c(n1)SCC2. The predicted molar refractivity (Wildman–Crippen MR) is 96.5 cm³/mol. The highest BCUT2D eigenvalue weighted by molar-refractivity contribution is 7.99. The number of nitrogens with zero attached hydrogens (tertiary/aromatic N) is 4. The van der Waals surface area contributed by atoms with E-state index in [4.69, 9.17) is 0 Å². The maximum Gasteiger partial charge on any atom is 0.317 e. The van der Waals surface area contributed by atoms with E-state index in [1.165, 1.54) is 30.5 Å². The molecule has 25 heavy (non-hydrogen) atoms. The Morgan fingerprint density at radius 3 is 3.16 bits per heavy atom. The van der Waals surface area contributed by atoms with E-state index in [1.54, 1.807) is 16.7 Å². The summed E-state index contributed by atoms with van der Waals surface area (Å²) in [5.74, 6) is 1.09. The third-order valence-corrected chi connectivity index (χ3v) is 5.87. The molecule has 0 radical (unpaired) electrons. The van der Waals surface area contributed by atoms with Gasteiger partial charge in [-0.05, 0) is 31.2 Å². The third-order valence-electron chi connectivity index (χ3n) is 4.90. The molecule has 0 spiro atoms. The number of imidazole rings is 1. The molecule has 0 aromatic carbocycles. The quantitative estimate of drug-likeness (QED) is 0.820. The van der Waals surface area contributed by atoms with Crippen LogP contribution in [0.2, 0.25) is 0 Å². The highest BCUT2D eigenvalue weighted by atomic mass is 32.2. The summed E-state index contributed by atoms with van der Waals surface area (Å²) in [4.78, 5) is 18.6. The number of aromatic nitrogens is 4. The van der Waals surface area contributed by atoms with E-state index in [-0.39, 0.29) is 6.03 Å². The second-order valence-electron chi connectivity index (χ2n) is 6.76. The molecule has 3 heterocycles. The van der Waals surface area contributed by atoms with E-state index >= 15 is 0 Å². The van der Waals surface area contributed by atoms with Crippen molar-refractivity contribution in [2.75, 3.05) is 12.8 Å². The molecule has 134 valence electrons. The topological polar surface area (TPSA) is 78.8 Å². The highest BCUT2D eigenvalue weighted by Crippen LogP contribution is 2.24. The van der Waals surface area contributed by atoms with Crippen LogP contribution in [0.4, 0.5) is 4.79 Å². The first-order valence-corrected chi connectivity index (χ1v) is 9.92. The fraction of sp³-hybridized carbons (Fsp3) is 0.588. The number of carbonyl (C=O) groups excluding carboxylic acids is 1. The summed E-state index contributed by atoms with van der Waals surface area (Å²) < 4.78 is 2.15. The van der Waals surface area contributed by atoms with Gasteiger partial charge in [0.1, 0.15) is 0 Å². The lowest BCUT2D eigenvalue weighted by Gasteiger charge is -2.17. The summed E-state index contributed by atoms with van der Waals surface area (Å²) in [6, 6.07) is -0.0915. The summed E-state index contributed by atoms with van der Waals surface area (Å²) in [6.45, 7) is 2.00. The summed E-state index contributed by atoms with van der Waals surface area (Å²) in [7, 11) is 1.82. The molecule has 0 fully saturated rings. The molecule has 7 nitrogen and oxygen atoms in total. The van der Waals surface area contributed by atoms with E-state index in [0.717, 1.165) is 41.7 Å². The number of aromatic amines is 1. The molecule has 8 heteroatoms. The van der Waals surface area contributed by atoms with Crippen LogP contribution in [0.3, 0.4) is 0 Å². The van der Waals surface area contributed by atoms with Gasteiger partial charge in [0.25, 0.3) is 0 Å². The summed E-state index contributed by atoms with van der Waals surface area (Å²) in [5, 5.41) is 11.6. The zero-order chi connectivity index (χ0) is 17.2. The number of aryl methyl sites for hydroxylation is 2. The van der Waals surface area contributed by atoms with Gasteiger partial charge in [-0.25, -0.2) is 9.78 Å². The van der Waals surface area contributed by atoms with Gasteiger partial charge in [-0.3, -0.25) is 5.10 Å². The van der Waals surface area contributed by atoms with Gasteiger partial charge in [-0.2, -0.15) is 5.10 Å². The molecule has 2 aliphatic rings. The number of thioether (sulfide) groups is 1. The van der Waals surface area contributed by atoms with E-state index < -0.39 is 0 Å². The van der Waals surface area contributed by atoms with Crippen molar-refractivity contribution in [2.45, 2.75) is 56.9 Å². The minimum absolute atomic E-state index is 0.0915. The van der Waals surface area contributed by atoms with Crippen molar-refractivity contribution in [1.82, 2.24) is 30.0 Å². The van der Waals surface area contributed by atoms with Gasteiger partial charge in [-0.15, -0.1) is 0 Å². The standard InChI is InChI=1S/C17H24N6OS/c1-22(11-15-13-5-3-2-4-6-14(13)20-21-15)16(24)18-9-12-10-23-7-8-25-17(23)19-12/h10H,2-9,11H2,1H3,(H,18,24)(H,20,21). The number of fused-ring (bicyclic) bond motifs is 2. The third kappa shape index (κ3) is 3.53. The van der Waals surface area contributed by atoms with Crippen LogP contribution < -0.4 is 5.32 Å². The Hall–Kier alpha value is -1.96. The molecule has 4 rings (SSSR count). The molecule has 0 unspecified atom stereocenters. The van der Waals surface area contributed by atoms with E-state index in [2.05, 4.69) is 25.1 Å². The molecule has 2 amide bonds. The van der Waals surface area contributed by atoms with Crippen molar-refractivity contribution < 1.29 is 4.79 Å². The van der Waals surface area contributed by atoms with Gasteiger partial charge in [0.05, 0.1) is 24.5 Å². The summed E-state index contributed by atoms with van der Waals surface area (Å²) in [5.41, 5.74) is 4.50. The fourth-order valence-electron chi connectivity index (χ4n) is 3.50. The van der Waals surface area contributed by atoms with Crippen LogP contribution in [0.5, 0.6) is 0 Å². The van der Waals surface area contributed by atoms with Crippen LogP contribution in [-0.2, 0) is 32.5 Å². The Morgan fingerprint density at radius 2 is 2.28 bits per heavy atom. The van der Waals surface area contributed by atoms with Gasteiger partial charge in [-0.1, -0.05) is 18.2 Å². The Labute approximate surface area is 151 Å². The number of carbonyl (C=O) groups is 1. The largest absolute Gasteiger partial charge is 0.332 e. The first-order chi connectivity index (χ1) is 12.2. The zero-order valence-corrected chi connectivity index (χ0v) is 15.4. The Bertz CT molecular complexity index is 746. The lowest BCUT2D eigenvalue weighted by atomic mass is 10.1. The molecular weight excluding hydrogens is 336 g/mol. The number of hydrogen-bond donors (Lipinski definition) is 2. The number of nitrogens with one attached hydrogen (secondary N) is 2. The maximum atomic E-state index is 12.4. The molecule has 2 N–H and O–H groups in total. The molecular formula is C17H24N6OS. The molecule has 2 aromatic rings. The lowest BCUT2D eigenvalue weighted by molar-refractivity contribution is 0.205. The van der Waals surface area contributed by atoms with Crippen molar-refractivity contribution >= 4 is 17.8 Å². The second kappa shape index (κ2) is 7.11. The van der Waals surface area contributed by atoms with Crippen molar-refractivity contribution in [3.05, 3.63) is 28.8 Å². The van der Waals surface area contributed by atoms with Crippen molar-refractivity contribution in [1.29, 1.82) is 0 Å². The van der Waals surface area contributed by atoms with Crippen LogP contribution in [0.25, 0.3) is 0 Å². The van der Waals surface area contributed by atoms with Crippen LogP contribution in [-0.4, -0.2) is 43.5 Å². The molecule has 0 bridgehead atoms. The summed E-state index contributed by atoms with van der Waals surface area (Å²) >= 11 is 1.76. The molecule has 1 aliphatic heterocycles. The smallest absolute Gasteiger partial charge is 0.317 e. The highest BCUT2D eigenvalue weighted by Gasteiger charge is 2.19. The molecule has 0 saturated heterocycles. The Kier molecular flexibility index (Phi) is 4.70. The second-order valence-corrected chi connectivity index (χ2v) is 7.82. The average Bonchev–Trinajstić information content (AvgIpc) is 3.24.